The number of terminal acetylenes is 1. The Morgan fingerprint density at radius 3 is 2.72 bits per heavy atom. The summed E-state index contributed by atoms with van der Waals surface area (Å²) in [5, 5.41) is 8.69. The van der Waals surface area contributed by atoms with Crippen molar-refractivity contribution in [3.05, 3.63) is 28.8 Å². The fourth-order valence-electron chi connectivity index (χ4n) is 1.26. The number of hydrogen-bond donors (Lipinski definition) is 1. The van der Waals surface area contributed by atoms with Gasteiger partial charge in [-0.1, -0.05) is 11.6 Å². The van der Waals surface area contributed by atoms with E-state index in [-0.39, 0.29) is 16.5 Å². The molecule has 18 heavy (non-hydrogen) atoms. The van der Waals surface area contributed by atoms with Crippen LogP contribution in [-0.2, 0) is 10.0 Å². The largest absolute Gasteiger partial charge is 0.242 e. The Hall–Kier alpha value is -1.53. The number of benzene rings is 1. The second-order valence-corrected chi connectivity index (χ2v) is 5.61. The van der Waals surface area contributed by atoms with Crippen LogP contribution in [0.1, 0.15) is 18.4 Å². The van der Waals surface area contributed by atoms with Crippen LogP contribution in [0.25, 0.3) is 0 Å². The first-order valence-electron chi connectivity index (χ1n) is 5.14. The maximum absolute atomic E-state index is 11.9. The summed E-state index contributed by atoms with van der Waals surface area (Å²) in [6.45, 7) is 0.253. The second kappa shape index (κ2) is 6.42. The molecule has 0 atom stereocenters. The number of halogens is 1. The van der Waals surface area contributed by atoms with Crippen molar-refractivity contribution in [3.8, 4) is 18.4 Å². The molecule has 1 aromatic rings. The Balaban J connectivity index is 2.86. The lowest BCUT2D eigenvalue weighted by Crippen LogP contribution is -2.25. The molecule has 0 fully saturated rings. The lowest BCUT2D eigenvalue weighted by Gasteiger charge is -2.07. The normalized spacial score (nSPS) is 10.6. The van der Waals surface area contributed by atoms with Gasteiger partial charge in [-0.2, -0.15) is 5.26 Å². The highest BCUT2D eigenvalue weighted by atomic mass is 35.5. The minimum absolute atomic E-state index is 0.0264. The summed E-state index contributed by atoms with van der Waals surface area (Å²) in [5.74, 6) is 2.42. The zero-order valence-electron chi connectivity index (χ0n) is 9.48. The number of unbranched alkanes of at least 4 members (excludes halogenated alkanes) is 1. The second-order valence-electron chi connectivity index (χ2n) is 3.46. The molecule has 0 unspecified atom stereocenters. The average Bonchev–Trinajstić information content (AvgIpc) is 2.34. The molecule has 0 saturated heterocycles. The van der Waals surface area contributed by atoms with Crippen LogP contribution in [0.3, 0.4) is 0 Å². The molecule has 0 amide bonds. The number of nitrogens with zero attached hydrogens (tertiary/aromatic N) is 1. The molecular formula is C12H11ClN2O2S. The topological polar surface area (TPSA) is 70.0 Å². The van der Waals surface area contributed by atoms with Gasteiger partial charge in [0.15, 0.2) is 0 Å². The van der Waals surface area contributed by atoms with Gasteiger partial charge in [0.2, 0.25) is 10.0 Å². The van der Waals surface area contributed by atoms with Gasteiger partial charge in [-0.3, -0.25) is 0 Å². The molecule has 6 heteroatoms. The van der Waals surface area contributed by atoms with E-state index in [0.29, 0.717) is 18.4 Å². The highest BCUT2D eigenvalue weighted by Gasteiger charge is 2.17. The SMILES string of the molecule is C#CCCCNS(=O)(=O)c1ccc(C#N)cc1Cl. The van der Waals surface area contributed by atoms with E-state index < -0.39 is 10.0 Å². The van der Waals surface area contributed by atoms with Crippen molar-refractivity contribution in [2.75, 3.05) is 6.54 Å². The summed E-state index contributed by atoms with van der Waals surface area (Å²) in [6.07, 6.45) is 6.13. The minimum Gasteiger partial charge on any atom is -0.211 e. The molecule has 94 valence electrons. The maximum Gasteiger partial charge on any atom is 0.242 e. The molecule has 0 saturated carbocycles. The van der Waals surface area contributed by atoms with E-state index in [0.717, 1.165) is 0 Å². The molecule has 1 aromatic carbocycles. The summed E-state index contributed by atoms with van der Waals surface area (Å²) in [5.41, 5.74) is 0.311. The van der Waals surface area contributed by atoms with Crippen LogP contribution in [0, 0.1) is 23.7 Å². The molecule has 0 spiro atoms. The molecular weight excluding hydrogens is 272 g/mol. The van der Waals surface area contributed by atoms with Gasteiger partial charge in [0.25, 0.3) is 0 Å². The third-order valence-electron chi connectivity index (χ3n) is 2.14. The van der Waals surface area contributed by atoms with Gasteiger partial charge in [0.1, 0.15) is 4.90 Å². The molecule has 0 radical (unpaired) electrons. The van der Waals surface area contributed by atoms with E-state index in [4.69, 9.17) is 23.3 Å². The van der Waals surface area contributed by atoms with Crippen LogP contribution in [0.4, 0.5) is 0 Å². The Labute approximate surface area is 112 Å². The minimum atomic E-state index is -3.66. The summed E-state index contributed by atoms with van der Waals surface area (Å²) in [6, 6.07) is 5.92. The number of hydrogen-bond acceptors (Lipinski definition) is 3. The fraction of sp³-hybridized carbons (Fsp3) is 0.250. The molecule has 0 aliphatic carbocycles. The first-order chi connectivity index (χ1) is 8.51. The van der Waals surface area contributed by atoms with E-state index in [1.807, 2.05) is 6.07 Å². The Kier molecular flexibility index (Phi) is 5.18. The van der Waals surface area contributed by atoms with Crippen LogP contribution >= 0.6 is 11.6 Å². The van der Waals surface area contributed by atoms with E-state index in [1.165, 1.54) is 18.2 Å². The zero-order valence-corrected chi connectivity index (χ0v) is 11.1. The van der Waals surface area contributed by atoms with Crippen molar-refractivity contribution in [1.82, 2.24) is 4.72 Å². The van der Waals surface area contributed by atoms with Gasteiger partial charge in [0.05, 0.1) is 16.7 Å². The summed E-state index contributed by atoms with van der Waals surface area (Å²) < 4.78 is 26.2. The summed E-state index contributed by atoms with van der Waals surface area (Å²) >= 11 is 5.83. The lowest BCUT2D eigenvalue weighted by atomic mass is 10.2. The molecule has 0 aliphatic heterocycles. The van der Waals surface area contributed by atoms with Crippen LogP contribution in [0.15, 0.2) is 23.1 Å². The van der Waals surface area contributed by atoms with Crippen molar-refractivity contribution < 1.29 is 8.42 Å². The average molecular weight is 283 g/mol. The smallest absolute Gasteiger partial charge is 0.211 e. The quantitative estimate of drug-likeness (QED) is 0.662. The molecule has 1 N–H and O–H groups in total. The van der Waals surface area contributed by atoms with Gasteiger partial charge >= 0.3 is 0 Å². The van der Waals surface area contributed by atoms with E-state index in [1.54, 1.807) is 0 Å². The molecule has 0 heterocycles. The number of sulfonamides is 1. The third kappa shape index (κ3) is 3.75. The lowest BCUT2D eigenvalue weighted by molar-refractivity contribution is 0.580. The van der Waals surface area contributed by atoms with E-state index in [2.05, 4.69) is 10.6 Å². The van der Waals surface area contributed by atoms with Crippen LogP contribution < -0.4 is 4.72 Å². The molecule has 0 aliphatic rings. The highest BCUT2D eigenvalue weighted by Crippen LogP contribution is 2.22. The van der Waals surface area contributed by atoms with Crippen molar-refractivity contribution >= 4 is 21.6 Å². The number of nitrogens with one attached hydrogen (secondary N) is 1. The van der Waals surface area contributed by atoms with Crippen LogP contribution in [-0.4, -0.2) is 15.0 Å². The summed E-state index contributed by atoms with van der Waals surface area (Å²) in [4.78, 5) is -0.0381. The Morgan fingerprint density at radius 2 is 2.17 bits per heavy atom. The predicted molar refractivity (Wildman–Crippen MR) is 69.4 cm³/mol. The number of rotatable bonds is 5. The number of nitriles is 1. The van der Waals surface area contributed by atoms with E-state index in [9.17, 15) is 8.42 Å². The molecule has 0 bridgehead atoms. The van der Waals surface area contributed by atoms with Crippen LogP contribution in [0.2, 0.25) is 5.02 Å². The first kappa shape index (κ1) is 14.5. The van der Waals surface area contributed by atoms with Crippen molar-refractivity contribution in [3.63, 3.8) is 0 Å². The van der Waals surface area contributed by atoms with Crippen molar-refractivity contribution in [2.45, 2.75) is 17.7 Å². The van der Waals surface area contributed by atoms with Gasteiger partial charge in [-0.05, 0) is 24.6 Å². The third-order valence-corrected chi connectivity index (χ3v) is 4.08. The van der Waals surface area contributed by atoms with E-state index >= 15 is 0 Å². The highest BCUT2D eigenvalue weighted by molar-refractivity contribution is 7.89. The van der Waals surface area contributed by atoms with Gasteiger partial charge in [-0.15, -0.1) is 12.3 Å². The fourth-order valence-corrected chi connectivity index (χ4v) is 2.88. The zero-order chi connectivity index (χ0) is 13.6. The van der Waals surface area contributed by atoms with Crippen molar-refractivity contribution in [2.24, 2.45) is 0 Å². The molecule has 4 nitrogen and oxygen atoms in total. The van der Waals surface area contributed by atoms with Gasteiger partial charge in [0, 0.05) is 13.0 Å². The van der Waals surface area contributed by atoms with Crippen LogP contribution in [0.5, 0.6) is 0 Å². The predicted octanol–water partition coefficient (Wildman–Crippen LogP) is 1.90. The Morgan fingerprint density at radius 1 is 1.44 bits per heavy atom. The molecule has 0 aromatic heterocycles. The summed E-state index contributed by atoms with van der Waals surface area (Å²) in [7, 11) is -3.66. The molecule has 1 rings (SSSR count). The first-order valence-corrected chi connectivity index (χ1v) is 7.00. The standard InChI is InChI=1S/C12H11ClN2O2S/c1-2-3-4-7-15-18(16,17)12-6-5-10(9-14)8-11(12)13/h1,5-6,8,15H,3-4,7H2. The monoisotopic (exact) mass is 282 g/mol. The van der Waals surface area contributed by atoms with Crippen molar-refractivity contribution in [1.29, 1.82) is 5.26 Å². The van der Waals surface area contributed by atoms with Gasteiger partial charge in [-0.25, -0.2) is 13.1 Å². The van der Waals surface area contributed by atoms with Gasteiger partial charge < -0.3 is 0 Å². The Bertz CT molecular complexity index is 612. The maximum atomic E-state index is 11.9.